The van der Waals surface area contributed by atoms with E-state index >= 15 is 0 Å². The molecule has 2 N–H and O–H groups in total. The Bertz CT molecular complexity index is 460. The predicted octanol–water partition coefficient (Wildman–Crippen LogP) is 0.941. The third-order valence-corrected chi connectivity index (χ3v) is 4.17. The maximum atomic E-state index is 11.4. The van der Waals surface area contributed by atoms with Gasteiger partial charge in [-0.3, -0.25) is 10.1 Å². The second-order valence-electron chi connectivity index (χ2n) is 5.36. The van der Waals surface area contributed by atoms with Gasteiger partial charge in [0.1, 0.15) is 5.54 Å². The van der Waals surface area contributed by atoms with E-state index in [0.29, 0.717) is 17.0 Å². The van der Waals surface area contributed by atoms with Crippen molar-refractivity contribution in [1.82, 2.24) is 25.5 Å². The van der Waals surface area contributed by atoms with Crippen LogP contribution in [0.2, 0.25) is 0 Å². The molecule has 1 fully saturated rings. The predicted molar refractivity (Wildman–Crippen MR) is 71.1 cm³/mol. The number of carboxylic acids is 1. The average molecular weight is 285 g/mol. The van der Waals surface area contributed by atoms with Crippen LogP contribution >= 0.6 is 11.8 Å². The lowest BCUT2D eigenvalue weighted by Gasteiger charge is -2.27. The first kappa shape index (κ1) is 14.3. The Morgan fingerprint density at radius 2 is 2.32 bits per heavy atom. The monoisotopic (exact) mass is 285 g/mol. The lowest BCUT2D eigenvalue weighted by atomic mass is 10.1. The average Bonchev–Trinajstić information content (AvgIpc) is 3.05. The van der Waals surface area contributed by atoms with Crippen molar-refractivity contribution in [2.45, 2.75) is 56.4 Å². The molecule has 8 heteroatoms. The molecule has 0 aromatic carbocycles. The van der Waals surface area contributed by atoms with E-state index in [1.165, 1.54) is 11.8 Å². The zero-order valence-corrected chi connectivity index (χ0v) is 12.1. The molecule has 19 heavy (non-hydrogen) atoms. The third kappa shape index (κ3) is 3.44. The Balaban J connectivity index is 2.02. The Labute approximate surface area is 116 Å². The summed E-state index contributed by atoms with van der Waals surface area (Å²) >= 11 is 1.38. The molecule has 0 bridgehead atoms. The fraction of sp³-hybridized carbons (Fsp3) is 0.818. The fourth-order valence-electron chi connectivity index (χ4n) is 1.84. The summed E-state index contributed by atoms with van der Waals surface area (Å²) in [6, 6.07) is 0.493. The molecular weight excluding hydrogens is 266 g/mol. The molecule has 1 saturated carbocycles. The molecule has 0 radical (unpaired) electrons. The first-order chi connectivity index (χ1) is 8.92. The van der Waals surface area contributed by atoms with Crippen LogP contribution in [0, 0.1) is 0 Å². The SMILES string of the molecule is CC(C)NC(C)(CSc1nnnn1C1CC1)C(=O)O. The molecule has 1 aliphatic carbocycles. The van der Waals surface area contributed by atoms with Gasteiger partial charge in [-0.2, -0.15) is 0 Å². The highest BCUT2D eigenvalue weighted by Gasteiger charge is 2.35. The van der Waals surface area contributed by atoms with Crippen LogP contribution in [0.3, 0.4) is 0 Å². The van der Waals surface area contributed by atoms with Gasteiger partial charge in [0.15, 0.2) is 0 Å². The van der Waals surface area contributed by atoms with Gasteiger partial charge in [-0.25, -0.2) is 4.68 Å². The molecule has 0 aliphatic heterocycles. The molecule has 1 atom stereocenters. The van der Waals surface area contributed by atoms with Gasteiger partial charge >= 0.3 is 5.97 Å². The topological polar surface area (TPSA) is 92.9 Å². The van der Waals surface area contributed by atoms with Crippen LogP contribution in [0.25, 0.3) is 0 Å². The molecule has 1 aromatic rings. The van der Waals surface area contributed by atoms with Crippen LogP contribution < -0.4 is 5.32 Å². The smallest absolute Gasteiger partial charge is 0.324 e. The van der Waals surface area contributed by atoms with Gasteiger partial charge in [-0.1, -0.05) is 11.8 Å². The van der Waals surface area contributed by atoms with Crippen molar-refractivity contribution < 1.29 is 9.90 Å². The number of carboxylic acid groups (broad SMARTS) is 1. The number of aliphatic carboxylic acids is 1. The minimum absolute atomic E-state index is 0.0983. The highest BCUT2D eigenvalue weighted by atomic mass is 32.2. The van der Waals surface area contributed by atoms with Gasteiger partial charge in [0.05, 0.1) is 6.04 Å². The van der Waals surface area contributed by atoms with E-state index < -0.39 is 11.5 Å². The van der Waals surface area contributed by atoms with Gasteiger partial charge in [0.25, 0.3) is 0 Å². The zero-order chi connectivity index (χ0) is 14.0. The number of tetrazole rings is 1. The lowest BCUT2D eigenvalue weighted by molar-refractivity contribution is -0.143. The number of carbonyl (C=O) groups is 1. The van der Waals surface area contributed by atoms with Crippen molar-refractivity contribution in [3.8, 4) is 0 Å². The number of hydrogen-bond acceptors (Lipinski definition) is 6. The molecule has 0 spiro atoms. The molecule has 1 heterocycles. The summed E-state index contributed by atoms with van der Waals surface area (Å²) in [5.41, 5.74) is -0.987. The number of thioether (sulfide) groups is 1. The number of hydrogen-bond donors (Lipinski definition) is 2. The second-order valence-corrected chi connectivity index (χ2v) is 6.30. The Kier molecular flexibility index (Phi) is 4.10. The van der Waals surface area contributed by atoms with Gasteiger partial charge in [-0.15, -0.1) is 5.10 Å². The van der Waals surface area contributed by atoms with Crippen LogP contribution in [0.5, 0.6) is 0 Å². The molecule has 1 unspecified atom stereocenters. The van der Waals surface area contributed by atoms with Crippen molar-refractivity contribution in [3.05, 3.63) is 0 Å². The molecule has 0 saturated heterocycles. The van der Waals surface area contributed by atoms with Crippen molar-refractivity contribution in [1.29, 1.82) is 0 Å². The second kappa shape index (κ2) is 5.46. The largest absolute Gasteiger partial charge is 0.480 e. The summed E-state index contributed by atoms with van der Waals surface area (Å²) < 4.78 is 1.79. The van der Waals surface area contributed by atoms with Gasteiger partial charge in [0, 0.05) is 11.8 Å². The lowest BCUT2D eigenvalue weighted by Crippen LogP contribution is -2.54. The van der Waals surface area contributed by atoms with E-state index in [9.17, 15) is 9.90 Å². The zero-order valence-electron chi connectivity index (χ0n) is 11.3. The van der Waals surface area contributed by atoms with Crippen molar-refractivity contribution in [3.63, 3.8) is 0 Å². The van der Waals surface area contributed by atoms with Crippen LogP contribution in [-0.2, 0) is 4.79 Å². The fourth-order valence-corrected chi connectivity index (χ4v) is 2.88. The number of nitrogens with one attached hydrogen (secondary N) is 1. The Hall–Kier alpha value is -1.15. The summed E-state index contributed by atoms with van der Waals surface area (Å²) in [6.45, 7) is 5.55. The summed E-state index contributed by atoms with van der Waals surface area (Å²) in [5, 5.41) is 24.7. The van der Waals surface area contributed by atoms with Crippen LogP contribution in [0.4, 0.5) is 0 Å². The van der Waals surface area contributed by atoms with Gasteiger partial charge < -0.3 is 5.11 Å². The first-order valence-corrected chi connectivity index (χ1v) is 7.32. The van der Waals surface area contributed by atoms with Crippen molar-refractivity contribution in [2.75, 3.05) is 5.75 Å². The van der Waals surface area contributed by atoms with Crippen molar-refractivity contribution >= 4 is 17.7 Å². The highest BCUT2D eigenvalue weighted by Crippen LogP contribution is 2.36. The maximum Gasteiger partial charge on any atom is 0.324 e. The van der Waals surface area contributed by atoms with Crippen LogP contribution in [-0.4, -0.2) is 48.6 Å². The third-order valence-electron chi connectivity index (χ3n) is 2.92. The summed E-state index contributed by atoms with van der Waals surface area (Å²) in [5.74, 6) is -0.479. The summed E-state index contributed by atoms with van der Waals surface area (Å²) in [6.07, 6.45) is 2.19. The molecule has 106 valence electrons. The Morgan fingerprint density at radius 3 is 2.84 bits per heavy atom. The number of aromatic nitrogens is 4. The first-order valence-electron chi connectivity index (χ1n) is 6.34. The minimum Gasteiger partial charge on any atom is -0.480 e. The summed E-state index contributed by atoms with van der Waals surface area (Å²) in [4.78, 5) is 11.4. The van der Waals surface area contributed by atoms with E-state index in [1.54, 1.807) is 11.6 Å². The maximum absolute atomic E-state index is 11.4. The molecule has 2 rings (SSSR count). The van der Waals surface area contributed by atoms with E-state index in [2.05, 4.69) is 20.8 Å². The van der Waals surface area contributed by atoms with E-state index in [0.717, 1.165) is 12.8 Å². The van der Waals surface area contributed by atoms with Crippen molar-refractivity contribution in [2.24, 2.45) is 0 Å². The molecule has 1 aliphatic rings. The van der Waals surface area contributed by atoms with Gasteiger partial charge in [0.2, 0.25) is 5.16 Å². The van der Waals surface area contributed by atoms with Gasteiger partial charge in [-0.05, 0) is 44.0 Å². The number of rotatable bonds is 7. The molecule has 0 amide bonds. The molecule has 7 nitrogen and oxygen atoms in total. The minimum atomic E-state index is -0.987. The standard InChI is InChI=1S/C11H19N5O2S/c1-7(2)12-11(3,9(17)18)6-19-10-13-14-15-16(10)8-4-5-8/h7-8,12H,4-6H2,1-3H3,(H,17,18). The van der Waals surface area contributed by atoms with E-state index in [1.807, 2.05) is 13.8 Å². The quantitative estimate of drug-likeness (QED) is 0.720. The Morgan fingerprint density at radius 1 is 1.63 bits per heavy atom. The van der Waals surface area contributed by atoms with Crippen LogP contribution in [0.1, 0.15) is 39.7 Å². The number of nitrogens with zero attached hydrogens (tertiary/aromatic N) is 4. The highest BCUT2D eigenvalue weighted by molar-refractivity contribution is 7.99. The van der Waals surface area contributed by atoms with E-state index in [4.69, 9.17) is 0 Å². The molecule has 1 aromatic heterocycles. The molecular formula is C11H19N5O2S. The summed E-state index contributed by atoms with van der Waals surface area (Å²) in [7, 11) is 0. The van der Waals surface area contributed by atoms with E-state index in [-0.39, 0.29) is 6.04 Å². The normalized spacial score (nSPS) is 18.5. The van der Waals surface area contributed by atoms with Crippen LogP contribution in [0.15, 0.2) is 5.16 Å².